The van der Waals surface area contributed by atoms with Crippen molar-refractivity contribution in [2.45, 2.75) is 206 Å². The number of carbonyl (C=O) groups is 3. The van der Waals surface area contributed by atoms with Gasteiger partial charge in [-0.1, -0.05) is 168 Å². The zero-order chi connectivity index (χ0) is 55.5. The zero-order valence-corrected chi connectivity index (χ0v) is 47.7. The van der Waals surface area contributed by atoms with Gasteiger partial charge in [-0.2, -0.15) is 4.31 Å². The van der Waals surface area contributed by atoms with Crippen molar-refractivity contribution in [3.63, 3.8) is 0 Å². The molecule has 1 saturated heterocycles. The number of carbonyl (C=O) groups excluding carboxylic acids is 3. The number of amides is 2. The quantitative estimate of drug-likeness (QED) is 0.0225. The minimum absolute atomic E-state index is 0.0346. The van der Waals surface area contributed by atoms with Gasteiger partial charge < -0.3 is 50.9 Å². The maximum absolute atomic E-state index is 12.8. The number of nitrogens with zero attached hydrogens (tertiary/aromatic N) is 4. The van der Waals surface area contributed by atoms with Gasteiger partial charge in [-0.3, -0.25) is 32.5 Å². The summed E-state index contributed by atoms with van der Waals surface area (Å²) in [5.41, 5.74) is 4.30. The number of phosphoric acid groups is 3. The number of imidazole rings is 1. The Balaban J connectivity index is 1.20. The van der Waals surface area contributed by atoms with Crippen molar-refractivity contribution >= 4 is 69.1 Å². The largest absolute Gasteiger partial charge is 0.481 e. The van der Waals surface area contributed by atoms with E-state index in [1.807, 2.05) is 0 Å². The molecule has 0 radical (unpaired) electrons. The first-order valence-corrected chi connectivity index (χ1v) is 32.0. The van der Waals surface area contributed by atoms with Gasteiger partial charge in [-0.15, -0.1) is 0 Å². The van der Waals surface area contributed by atoms with Crippen LogP contribution < -0.4 is 16.4 Å². The first kappa shape index (κ1) is 66.8. The lowest BCUT2D eigenvalue weighted by atomic mass is 9.87. The third-order valence-electron chi connectivity index (χ3n) is 12.9. The molecule has 10 N–H and O–H groups in total. The van der Waals surface area contributed by atoms with Gasteiger partial charge in [0, 0.05) is 37.1 Å². The Morgan fingerprint density at radius 1 is 0.800 bits per heavy atom. The van der Waals surface area contributed by atoms with Crippen LogP contribution in [0.2, 0.25) is 0 Å². The zero-order valence-electron chi connectivity index (χ0n) is 44.2. The van der Waals surface area contributed by atoms with E-state index in [1.54, 1.807) is 0 Å². The Labute approximate surface area is 446 Å². The average Bonchev–Trinajstić information content (AvgIpc) is 3.90. The van der Waals surface area contributed by atoms with Gasteiger partial charge in [0.2, 0.25) is 11.8 Å². The maximum Gasteiger partial charge on any atom is 0.481 e. The number of hydrogen-bond donors (Lipinski definition) is 9. The van der Waals surface area contributed by atoms with Crippen LogP contribution in [0.5, 0.6) is 0 Å². The van der Waals surface area contributed by atoms with E-state index in [0.717, 1.165) is 54.2 Å². The average molecular weight is 1150 g/mol. The molecule has 1 fully saturated rings. The highest BCUT2D eigenvalue weighted by atomic mass is 32.2. The summed E-state index contributed by atoms with van der Waals surface area (Å²) in [7, 11) is -16.4. The normalized spacial score (nSPS) is 19.7. The van der Waals surface area contributed by atoms with Gasteiger partial charge in [0.1, 0.15) is 36.3 Å². The minimum Gasteiger partial charge on any atom is -0.386 e. The Hall–Kier alpha value is -2.44. The standard InChI is InChI=1S/C47H86N7O17P3S/c1-5-24-35(2)25-22-20-18-16-14-12-10-8-6-7-9-11-13-15-17-19-21-23-26-38(56)75-30-29-49-37(55)27-28-50-45(59)42(58)47(3,4)32-68-74(65,66)71-73(63,64)67-31-36-41(70-72(60,61)62)40(57)46(69-36)54-34-53-39-43(48)51-33-52-44(39)54/h33-36,40-42,46,57-58H,5-32H2,1-4H3,(H,49,55)(H,50,59)(H,63,64)(H,65,66)(H2,48,51,52)(H2,60,61,62). The van der Waals surface area contributed by atoms with Crippen molar-refractivity contribution in [1.82, 2.24) is 30.2 Å². The molecule has 432 valence electrons. The number of phosphoric ester groups is 3. The van der Waals surface area contributed by atoms with Gasteiger partial charge in [0.05, 0.1) is 19.5 Å². The predicted octanol–water partition coefficient (Wildman–Crippen LogP) is 7.90. The molecule has 2 aromatic rings. The monoisotopic (exact) mass is 1150 g/mol. The van der Waals surface area contributed by atoms with Crippen LogP contribution >= 0.6 is 35.2 Å². The SMILES string of the molecule is CCCC(C)CCCCCCCCCCCCCCCCCCCCC(=O)SCCNC(=O)CCNC(=O)C(O)C(C)(C)COP(=O)(O)OP(=O)(O)OCC1OC(n2cnc3c(N)ncnc32)C(O)C1OP(=O)(O)O. The highest BCUT2D eigenvalue weighted by Gasteiger charge is 2.50. The smallest absolute Gasteiger partial charge is 0.386 e. The van der Waals surface area contributed by atoms with E-state index in [2.05, 4.69) is 48.3 Å². The summed E-state index contributed by atoms with van der Waals surface area (Å²) in [5, 5.41) is 26.7. The lowest BCUT2D eigenvalue weighted by Gasteiger charge is -2.30. The summed E-state index contributed by atoms with van der Waals surface area (Å²) in [6, 6.07) is 0. The van der Waals surface area contributed by atoms with E-state index >= 15 is 0 Å². The van der Waals surface area contributed by atoms with E-state index in [1.165, 1.54) is 129 Å². The van der Waals surface area contributed by atoms with E-state index < -0.39 is 84.6 Å². The molecule has 0 aliphatic carbocycles. The fourth-order valence-corrected chi connectivity index (χ4v) is 12.1. The van der Waals surface area contributed by atoms with Crippen LogP contribution in [0.1, 0.15) is 182 Å². The number of unbranched alkanes of at least 4 members (excludes halogenated alkanes) is 17. The van der Waals surface area contributed by atoms with Crippen molar-refractivity contribution in [3.8, 4) is 0 Å². The van der Waals surface area contributed by atoms with Gasteiger partial charge in [-0.05, 0) is 12.3 Å². The lowest BCUT2D eigenvalue weighted by Crippen LogP contribution is -2.46. The molecule has 0 bridgehead atoms. The third-order valence-corrected chi connectivity index (χ3v) is 16.9. The number of nitrogens with one attached hydrogen (secondary N) is 2. The lowest BCUT2D eigenvalue weighted by molar-refractivity contribution is -0.137. The Bertz CT molecular complexity index is 2160. The number of aliphatic hydroxyl groups is 2. The van der Waals surface area contributed by atoms with E-state index in [4.69, 9.17) is 19.5 Å². The van der Waals surface area contributed by atoms with E-state index in [0.29, 0.717) is 12.2 Å². The molecule has 1 aliphatic rings. The van der Waals surface area contributed by atoms with Crippen molar-refractivity contribution in [1.29, 1.82) is 0 Å². The van der Waals surface area contributed by atoms with Crippen molar-refractivity contribution in [2.75, 3.05) is 37.8 Å². The summed E-state index contributed by atoms with van der Waals surface area (Å²) < 4.78 is 62.6. The third kappa shape index (κ3) is 26.8. The molecule has 3 heterocycles. The van der Waals surface area contributed by atoms with Gasteiger partial charge in [-0.25, -0.2) is 28.6 Å². The molecule has 0 spiro atoms. The number of nitrogen functional groups attached to an aromatic ring is 1. The van der Waals surface area contributed by atoms with Crippen LogP contribution in [0.3, 0.4) is 0 Å². The van der Waals surface area contributed by atoms with Crippen molar-refractivity contribution < 1.29 is 80.5 Å². The number of anilines is 1. The number of thioether (sulfide) groups is 1. The fraction of sp³-hybridized carbons (Fsp3) is 0.830. The molecule has 0 saturated carbocycles. The number of ether oxygens (including phenoxy) is 1. The molecule has 0 aromatic carbocycles. The number of fused-ring (bicyclic) bond motifs is 1. The molecule has 28 heteroatoms. The Morgan fingerprint density at radius 3 is 1.93 bits per heavy atom. The van der Waals surface area contributed by atoms with Gasteiger partial charge in [0.15, 0.2) is 22.8 Å². The van der Waals surface area contributed by atoms with Gasteiger partial charge >= 0.3 is 23.5 Å². The van der Waals surface area contributed by atoms with E-state index in [9.17, 15) is 57.9 Å². The molecule has 1 aliphatic heterocycles. The first-order valence-electron chi connectivity index (χ1n) is 26.5. The molecular weight excluding hydrogens is 1060 g/mol. The summed E-state index contributed by atoms with van der Waals surface area (Å²) in [6.45, 7) is 5.26. The number of nitrogens with two attached hydrogens (primary N) is 1. The van der Waals surface area contributed by atoms with Gasteiger partial charge in [0.25, 0.3) is 0 Å². The molecule has 24 nitrogen and oxygen atoms in total. The molecule has 2 amide bonds. The van der Waals surface area contributed by atoms with Crippen LogP contribution in [0.25, 0.3) is 11.2 Å². The second kappa shape index (κ2) is 34.5. The van der Waals surface area contributed by atoms with Crippen molar-refractivity contribution in [2.24, 2.45) is 11.3 Å². The molecule has 75 heavy (non-hydrogen) atoms. The Morgan fingerprint density at radius 2 is 1.36 bits per heavy atom. The highest BCUT2D eigenvalue weighted by molar-refractivity contribution is 8.13. The summed E-state index contributed by atoms with van der Waals surface area (Å²) in [4.78, 5) is 88.7. The summed E-state index contributed by atoms with van der Waals surface area (Å²) in [5.74, 6) is -0.118. The summed E-state index contributed by atoms with van der Waals surface area (Å²) in [6.07, 6.45) is 20.8. The van der Waals surface area contributed by atoms with Crippen LogP contribution in [-0.4, -0.2) is 123 Å². The van der Waals surface area contributed by atoms with Crippen LogP contribution in [0.4, 0.5) is 5.82 Å². The summed E-state index contributed by atoms with van der Waals surface area (Å²) >= 11 is 1.16. The molecular formula is C47H86N7O17P3S. The fourth-order valence-electron chi connectivity index (χ4n) is 8.59. The second-order valence-corrected chi connectivity index (χ2v) is 25.5. The number of hydrogen-bond acceptors (Lipinski definition) is 18. The molecule has 8 unspecified atom stereocenters. The first-order chi connectivity index (χ1) is 35.4. The number of aliphatic hydroxyl groups excluding tert-OH is 2. The molecule has 8 atom stereocenters. The van der Waals surface area contributed by atoms with E-state index in [-0.39, 0.29) is 41.6 Å². The van der Waals surface area contributed by atoms with Crippen LogP contribution in [0, 0.1) is 11.3 Å². The maximum atomic E-state index is 12.8. The topological polar surface area (TPSA) is 364 Å². The highest BCUT2D eigenvalue weighted by Crippen LogP contribution is 2.61. The number of aromatic nitrogens is 4. The van der Waals surface area contributed by atoms with Crippen LogP contribution in [-0.2, 0) is 50.7 Å². The Kier molecular flexibility index (Phi) is 30.8. The minimum atomic E-state index is -5.58. The van der Waals surface area contributed by atoms with Crippen LogP contribution in [0.15, 0.2) is 12.7 Å². The van der Waals surface area contributed by atoms with Crippen molar-refractivity contribution in [3.05, 3.63) is 12.7 Å². The predicted molar refractivity (Wildman–Crippen MR) is 284 cm³/mol. The molecule has 3 rings (SSSR count). The number of rotatable bonds is 42. The second-order valence-electron chi connectivity index (χ2n) is 20.1. The molecule has 2 aromatic heterocycles.